The van der Waals surface area contributed by atoms with Crippen LogP contribution < -0.4 is 5.73 Å². The van der Waals surface area contributed by atoms with Gasteiger partial charge in [-0.25, -0.2) is 8.42 Å². The molecule has 0 bridgehead atoms. The Labute approximate surface area is 146 Å². The summed E-state index contributed by atoms with van der Waals surface area (Å²) in [6.45, 7) is 3.31. The third-order valence-electron chi connectivity index (χ3n) is 4.23. The maximum atomic E-state index is 13.0. The second kappa shape index (κ2) is 7.59. The van der Waals surface area contributed by atoms with Crippen molar-refractivity contribution in [3.05, 3.63) is 29.3 Å². The van der Waals surface area contributed by atoms with E-state index in [1.807, 2.05) is 0 Å². The summed E-state index contributed by atoms with van der Waals surface area (Å²) in [5.41, 5.74) is 4.95. The van der Waals surface area contributed by atoms with Crippen molar-refractivity contribution in [1.82, 2.24) is 4.31 Å². The van der Waals surface area contributed by atoms with Crippen LogP contribution in [0.25, 0.3) is 0 Å². The SMILES string of the molecule is Cc1ccc(S(=O)(=O)N2CCCCC2C(C)N)cc1C(F)(F)F.Cl. The third kappa shape index (κ3) is 4.22. The Morgan fingerprint density at radius 1 is 1.29 bits per heavy atom. The summed E-state index contributed by atoms with van der Waals surface area (Å²) < 4.78 is 66.0. The van der Waals surface area contributed by atoms with E-state index in [4.69, 9.17) is 5.73 Å². The van der Waals surface area contributed by atoms with E-state index in [9.17, 15) is 21.6 Å². The molecule has 2 N–H and O–H groups in total. The van der Waals surface area contributed by atoms with Crippen LogP contribution in [0.5, 0.6) is 0 Å². The molecule has 1 saturated heterocycles. The van der Waals surface area contributed by atoms with Gasteiger partial charge in [0.15, 0.2) is 0 Å². The molecule has 0 radical (unpaired) electrons. The number of halogens is 4. The van der Waals surface area contributed by atoms with Crippen LogP contribution in [0, 0.1) is 6.92 Å². The van der Waals surface area contributed by atoms with E-state index in [-0.39, 0.29) is 41.5 Å². The average molecular weight is 387 g/mol. The summed E-state index contributed by atoms with van der Waals surface area (Å²) in [6, 6.07) is 2.38. The Morgan fingerprint density at radius 2 is 1.92 bits per heavy atom. The standard InChI is InChI=1S/C15H21F3N2O2S.ClH/c1-10-6-7-12(9-13(10)15(16,17)18)23(21,22)20-8-4-3-5-14(20)11(2)19;/h6-7,9,11,14H,3-5,8,19H2,1-2H3;1H. The molecule has 1 aliphatic heterocycles. The van der Waals surface area contributed by atoms with Gasteiger partial charge in [0.25, 0.3) is 0 Å². The van der Waals surface area contributed by atoms with Gasteiger partial charge in [0.05, 0.1) is 10.5 Å². The molecular formula is C15H22ClF3N2O2S. The largest absolute Gasteiger partial charge is 0.416 e. The van der Waals surface area contributed by atoms with Gasteiger partial charge in [-0.15, -0.1) is 12.4 Å². The van der Waals surface area contributed by atoms with Crippen molar-refractivity contribution >= 4 is 22.4 Å². The van der Waals surface area contributed by atoms with E-state index < -0.39 is 21.8 Å². The predicted octanol–water partition coefficient (Wildman–Crippen LogP) is 3.33. The van der Waals surface area contributed by atoms with Crippen LogP contribution in [-0.2, 0) is 16.2 Å². The van der Waals surface area contributed by atoms with Gasteiger partial charge in [-0.2, -0.15) is 17.5 Å². The molecule has 0 aromatic heterocycles. The molecule has 1 fully saturated rings. The highest BCUT2D eigenvalue weighted by atomic mass is 35.5. The van der Waals surface area contributed by atoms with Crippen LogP contribution in [0.1, 0.15) is 37.3 Å². The summed E-state index contributed by atoms with van der Waals surface area (Å²) in [4.78, 5) is -0.331. The van der Waals surface area contributed by atoms with Crippen molar-refractivity contribution in [3.8, 4) is 0 Å². The van der Waals surface area contributed by atoms with Crippen LogP contribution in [0.2, 0.25) is 0 Å². The van der Waals surface area contributed by atoms with Crippen molar-refractivity contribution < 1.29 is 21.6 Å². The summed E-state index contributed by atoms with van der Waals surface area (Å²) in [5, 5.41) is 0. The fourth-order valence-electron chi connectivity index (χ4n) is 2.96. The normalized spacial score (nSPS) is 21.2. The lowest BCUT2D eigenvalue weighted by molar-refractivity contribution is -0.138. The van der Waals surface area contributed by atoms with Crippen LogP contribution in [0.15, 0.2) is 23.1 Å². The van der Waals surface area contributed by atoms with Gasteiger partial charge in [-0.05, 0) is 44.4 Å². The molecule has 0 aliphatic carbocycles. The van der Waals surface area contributed by atoms with Gasteiger partial charge in [-0.3, -0.25) is 0 Å². The third-order valence-corrected chi connectivity index (χ3v) is 6.15. The highest BCUT2D eigenvalue weighted by Gasteiger charge is 2.38. The van der Waals surface area contributed by atoms with Crippen LogP contribution in [0.3, 0.4) is 0 Å². The highest BCUT2D eigenvalue weighted by Crippen LogP contribution is 2.35. The van der Waals surface area contributed by atoms with Gasteiger partial charge in [0, 0.05) is 18.6 Å². The predicted molar refractivity (Wildman–Crippen MR) is 88.6 cm³/mol. The van der Waals surface area contributed by atoms with Gasteiger partial charge >= 0.3 is 6.18 Å². The Balaban J connectivity index is 0.00000288. The van der Waals surface area contributed by atoms with E-state index in [0.29, 0.717) is 12.8 Å². The van der Waals surface area contributed by atoms with E-state index in [0.717, 1.165) is 12.5 Å². The maximum Gasteiger partial charge on any atom is 0.416 e. The summed E-state index contributed by atoms with van der Waals surface area (Å²) in [5.74, 6) is 0. The molecule has 2 atom stereocenters. The second-order valence-corrected chi connectivity index (χ2v) is 7.90. The molecule has 0 amide bonds. The number of benzene rings is 1. The molecule has 1 aromatic carbocycles. The van der Waals surface area contributed by atoms with Gasteiger partial charge in [0.2, 0.25) is 10.0 Å². The zero-order chi connectivity index (χ0) is 17.4. The zero-order valence-corrected chi connectivity index (χ0v) is 15.1. The molecule has 4 nitrogen and oxygen atoms in total. The Kier molecular flexibility index (Phi) is 6.71. The topological polar surface area (TPSA) is 63.4 Å². The van der Waals surface area contributed by atoms with Gasteiger partial charge < -0.3 is 5.73 Å². The Morgan fingerprint density at radius 3 is 2.46 bits per heavy atom. The first kappa shape index (κ1) is 21.2. The smallest absolute Gasteiger partial charge is 0.326 e. The van der Waals surface area contributed by atoms with Gasteiger partial charge in [-0.1, -0.05) is 12.5 Å². The minimum absolute atomic E-state index is 0. The number of aryl methyl sites for hydroxylation is 1. The first-order valence-corrected chi connectivity index (χ1v) is 8.94. The van der Waals surface area contributed by atoms with Gasteiger partial charge in [0.1, 0.15) is 0 Å². The molecule has 9 heteroatoms. The maximum absolute atomic E-state index is 13.0. The lowest BCUT2D eigenvalue weighted by atomic mass is 10.00. The number of hydrogen-bond acceptors (Lipinski definition) is 3. The quantitative estimate of drug-likeness (QED) is 0.866. The Bertz CT molecular complexity index is 678. The number of rotatable bonds is 3. The lowest BCUT2D eigenvalue weighted by Gasteiger charge is -2.37. The number of sulfonamides is 1. The first-order chi connectivity index (χ1) is 10.5. The number of alkyl halides is 3. The molecule has 2 unspecified atom stereocenters. The summed E-state index contributed by atoms with van der Waals surface area (Å²) >= 11 is 0. The molecule has 0 spiro atoms. The Hall–Kier alpha value is -0.830. The van der Waals surface area contributed by atoms with Crippen LogP contribution in [0.4, 0.5) is 13.2 Å². The van der Waals surface area contributed by atoms with Crippen molar-refractivity contribution in [1.29, 1.82) is 0 Å². The van der Waals surface area contributed by atoms with E-state index in [2.05, 4.69) is 0 Å². The van der Waals surface area contributed by atoms with E-state index >= 15 is 0 Å². The lowest BCUT2D eigenvalue weighted by Crippen LogP contribution is -2.51. The van der Waals surface area contributed by atoms with Crippen LogP contribution >= 0.6 is 12.4 Å². The zero-order valence-electron chi connectivity index (χ0n) is 13.5. The minimum Gasteiger partial charge on any atom is -0.326 e. The molecule has 1 heterocycles. The first-order valence-electron chi connectivity index (χ1n) is 7.50. The molecule has 138 valence electrons. The molecule has 2 rings (SSSR count). The van der Waals surface area contributed by atoms with Crippen molar-refractivity contribution in [3.63, 3.8) is 0 Å². The fraction of sp³-hybridized carbons (Fsp3) is 0.600. The minimum atomic E-state index is -4.59. The number of piperidine rings is 1. The number of nitrogens with two attached hydrogens (primary N) is 1. The molecule has 1 aromatic rings. The van der Waals surface area contributed by atoms with Crippen molar-refractivity contribution in [2.24, 2.45) is 5.73 Å². The molecule has 0 saturated carbocycles. The van der Waals surface area contributed by atoms with Crippen molar-refractivity contribution in [2.75, 3.05) is 6.54 Å². The molecule has 24 heavy (non-hydrogen) atoms. The average Bonchev–Trinajstić information content (AvgIpc) is 2.46. The molecular weight excluding hydrogens is 365 g/mol. The number of nitrogens with zero attached hydrogens (tertiary/aromatic N) is 1. The van der Waals surface area contributed by atoms with E-state index in [1.165, 1.54) is 23.4 Å². The van der Waals surface area contributed by atoms with E-state index in [1.54, 1.807) is 6.92 Å². The number of hydrogen-bond donors (Lipinski definition) is 1. The monoisotopic (exact) mass is 386 g/mol. The molecule has 1 aliphatic rings. The summed E-state index contributed by atoms with van der Waals surface area (Å²) in [7, 11) is -4.00. The van der Waals surface area contributed by atoms with Crippen LogP contribution in [-0.4, -0.2) is 31.4 Å². The second-order valence-electron chi connectivity index (χ2n) is 6.01. The summed E-state index contributed by atoms with van der Waals surface area (Å²) in [6.07, 6.45) is -2.42. The van der Waals surface area contributed by atoms with Crippen molar-refractivity contribution in [2.45, 2.75) is 56.3 Å². The fourth-order valence-corrected chi connectivity index (χ4v) is 4.76. The highest BCUT2D eigenvalue weighted by molar-refractivity contribution is 7.89.